The number of ether oxygens (including phenoxy) is 1. The zero-order chi connectivity index (χ0) is 15.8. The summed E-state index contributed by atoms with van der Waals surface area (Å²) in [5.74, 6) is -0.0245. The molecular weight excluding hydrogens is 278 g/mol. The fourth-order valence-corrected chi connectivity index (χ4v) is 2.00. The highest BCUT2D eigenvalue weighted by molar-refractivity contribution is 5.91. The van der Waals surface area contributed by atoms with Gasteiger partial charge < -0.3 is 9.64 Å². The van der Waals surface area contributed by atoms with Crippen LogP contribution in [-0.2, 0) is 9.53 Å². The predicted molar refractivity (Wildman–Crippen MR) is 86.7 cm³/mol. The van der Waals surface area contributed by atoms with E-state index in [9.17, 15) is 4.79 Å². The molecule has 0 radical (unpaired) electrons. The minimum Gasteiger partial charge on any atom is -0.385 e. The molecule has 0 fully saturated rings. The summed E-state index contributed by atoms with van der Waals surface area (Å²) < 4.78 is 6.76. The number of nitrogens with zero attached hydrogens (tertiary/aromatic N) is 3. The van der Waals surface area contributed by atoms with Gasteiger partial charge >= 0.3 is 0 Å². The normalized spacial score (nSPS) is 11.0. The van der Waals surface area contributed by atoms with Gasteiger partial charge in [-0.2, -0.15) is 5.10 Å². The Morgan fingerprint density at radius 1 is 1.36 bits per heavy atom. The van der Waals surface area contributed by atoms with Crippen molar-refractivity contribution in [3.63, 3.8) is 0 Å². The molecule has 1 heterocycles. The molecule has 116 valence electrons. The first kappa shape index (κ1) is 16.0. The number of likely N-dealkylation sites (N-methyl/N-ethyl adjacent to an activating group) is 1. The molecule has 0 N–H and O–H groups in total. The van der Waals surface area contributed by atoms with Crippen molar-refractivity contribution in [2.24, 2.45) is 0 Å². The standard InChI is InChI=1S/C17H21N3O2/c1-19(11-6-12-22-2)17(21)10-9-15-13-18-20(14-15)16-7-4-3-5-8-16/h3-5,7-10,13-14H,6,11-12H2,1-2H3/b10-9+. The largest absolute Gasteiger partial charge is 0.385 e. The smallest absolute Gasteiger partial charge is 0.246 e. The molecule has 5 heteroatoms. The van der Waals surface area contributed by atoms with E-state index < -0.39 is 0 Å². The maximum absolute atomic E-state index is 12.0. The highest BCUT2D eigenvalue weighted by atomic mass is 16.5. The predicted octanol–water partition coefficient (Wildman–Crippen LogP) is 2.38. The second kappa shape index (κ2) is 8.14. The minimum absolute atomic E-state index is 0.0245. The number of hydrogen-bond acceptors (Lipinski definition) is 3. The Bertz CT molecular complexity index is 620. The number of para-hydroxylation sites is 1. The van der Waals surface area contributed by atoms with Crippen molar-refractivity contribution < 1.29 is 9.53 Å². The van der Waals surface area contributed by atoms with Gasteiger partial charge in [-0.1, -0.05) is 18.2 Å². The van der Waals surface area contributed by atoms with Crippen LogP contribution < -0.4 is 0 Å². The van der Waals surface area contributed by atoms with Crippen LogP contribution in [0.1, 0.15) is 12.0 Å². The third-order valence-electron chi connectivity index (χ3n) is 3.26. The van der Waals surface area contributed by atoms with Crippen molar-refractivity contribution in [1.82, 2.24) is 14.7 Å². The topological polar surface area (TPSA) is 47.4 Å². The first-order chi connectivity index (χ1) is 10.7. The summed E-state index contributed by atoms with van der Waals surface area (Å²) in [7, 11) is 3.45. The van der Waals surface area contributed by atoms with E-state index in [4.69, 9.17) is 4.74 Å². The fraction of sp³-hybridized carbons (Fsp3) is 0.294. The molecule has 2 aromatic rings. The molecule has 5 nitrogen and oxygen atoms in total. The van der Waals surface area contributed by atoms with Crippen LogP contribution in [0.15, 0.2) is 48.8 Å². The van der Waals surface area contributed by atoms with E-state index in [2.05, 4.69) is 5.10 Å². The SMILES string of the molecule is COCCCN(C)C(=O)/C=C/c1cnn(-c2ccccc2)c1. The second-order valence-electron chi connectivity index (χ2n) is 4.99. The van der Waals surface area contributed by atoms with E-state index in [-0.39, 0.29) is 5.91 Å². The van der Waals surface area contributed by atoms with Crippen LogP contribution in [-0.4, -0.2) is 47.9 Å². The van der Waals surface area contributed by atoms with Gasteiger partial charge in [0, 0.05) is 45.1 Å². The molecule has 0 saturated heterocycles. The van der Waals surface area contributed by atoms with Crippen LogP contribution in [0.25, 0.3) is 11.8 Å². The number of aromatic nitrogens is 2. The number of carbonyl (C=O) groups is 1. The number of rotatable bonds is 7. The molecule has 1 amide bonds. The van der Waals surface area contributed by atoms with Gasteiger partial charge in [-0.25, -0.2) is 4.68 Å². The van der Waals surface area contributed by atoms with Gasteiger partial charge in [-0.05, 0) is 24.6 Å². The molecule has 0 aliphatic heterocycles. The average molecular weight is 299 g/mol. The quantitative estimate of drug-likeness (QED) is 0.582. The Morgan fingerprint density at radius 3 is 2.86 bits per heavy atom. The van der Waals surface area contributed by atoms with Gasteiger partial charge in [-0.3, -0.25) is 4.79 Å². The summed E-state index contributed by atoms with van der Waals surface area (Å²) in [4.78, 5) is 13.6. The molecule has 0 atom stereocenters. The van der Waals surface area contributed by atoms with E-state index in [0.717, 1.165) is 17.7 Å². The van der Waals surface area contributed by atoms with Gasteiger partial charge in [-0.15, -0.1) is 0 Å². The molecule has 0 aliphatic rings. The van der Waals surface area contributed by atoms with Gasteiger partial charge in [0.2, 0.25) is 5.91 Å². The Hall–Kier alpha value is -2.40. The highest BCUT2D eigenvalue weighted by Crippen LogP contribution is 2.08. The molecule has 1 aromatic heterocycles. The fourth-order valence-electron chi connectivity index (χ4n) is 2.00. The highest BCUT2D eigenvalue weighted by Gasteiger charge is 2.04. The van der Waals surface area contributed by atoms with Crippen LogP contribution in [0, 0.1) is 0 Å². The van der Waals surface area contributed by atoms with Crippen LogP contribution in [0.5, 0.6) is 0 Å². The van der Waals surface area contributed by atoms with E-state index in [1.165, 1.54) is 0 Å². The van der Waals surface area contributed by atoms with Gasteiger partial charge in [0.15, 0.2) is 0 Å². The summed E-state index contributed by atoms with van der Waals surface area (Å²) in [5, 5.41) is 4.29. The zero-order valence-electron chi connectivity index (χ0n) is 13.0. The third kappa shape index (κ3) is 4.56. The summed E-state index contributed by atoms with van der Waals surface area (Å²) in [6.45, 7) is 1.34. The summed E-state index contributed by atoms with van der Waals surface area (Å²) >= 11 is 0. The van der Waals surface area contributed by atoms with Crippen LogP contribution in [0.4, 0.5) is 0 Å². The Labute approximate surface area is 130 Å². The molecule has 22 heavy (non-hydrogen) atoms. The lowest BCUT2D eigenvalue weighted by Gasteiger charge is -2.14. The zero-order valence-corrected chi connectivity index (χ0v) is 13.0. The van der Waals surface area contributed by atoms with E-state index in [1.54, 1.807) is 42.1 Å². The van der Waals surface area contributed by atoms with Crippen molar-refractivity contribution in [1.29, 1.82) is 0 Å². The Balaban J connectivity index is 1.93. The molecular formula is C17H21N3O2. The van der Waals surface area contributed by atoms with E-state index in [0.29, 0.717) is 13.2 Å². The molecule has 0 aliphatic carbocycles. The number of amides is 1. The van der Waals surface area contributed by atoms with Gasteiger partial charge in [0.25, 0.3) is 0 Å². The van der Waals surface area contributed by atoms with E-state index in [1.807, 2.05) is 36.5 Å². The maximum Gasteiger partial charge on any atom is 0.246 e. The molecule has 1 aromatic carbocycles. The van der Waals surface area contributed by atoms with Crippen LogP contribution >= 0.6 is 0 Å². The Morgan fingerprint density at radius 2 is 2.14 bits per heavy atom. The summed E-state index contributed by atoms with van der Waals surface area (Å²) in [6.07, 6.45) is 7.81. The van der Waals surface area contributed by atoms with Gasteiger partial charge in [0.05, 0.1) is 11.9 Å². The maximum atomic E-state index is 12.0. The molecule has 0 saturated carbocycles. The van der Waals surface area contributed by atoms with Gasteiger partial charge in [0.1, 0.15) is 0 Å². The molecule has 2 rings (SSSR count). The summed E-state index contributed by atoms with van der Waals surface area (Å²) in [5.41, 5.74) is 1.88. The lowest BCUT2D eigenvalue weighted by molar-refractivity contribution is -0.124. The number of carbonyl (C=O) groups excluding carboxylic acids is 1. The molecule has 0 bridgehead atoms. The average Bonchev–Trinajstić information content (AvgIpc) is 3.02. The first-order valence-corrected chi connectivity index (χ1v) is 7.23. The van der Waals surface area contributed by atoms with E-state index >= 15 is 0 Å². The molecule has 0 unspecified atom stereocenters. The van der Waals surface area contributed by atoms with Crippen molar-refractivity contribution in [3.8, 4) is 5.69 Å². The number of hydrogen-bond donors (Lipinski definition) is 0. The lowest BCUT2D eigenvalue weighted by atomic mass is 10.3. The lowest BCUT2D eigenvalue weighted by Crippen LogP contribution is -2.26. The van der Waals surface area contributed by atoms with Crippen molar-refractivity contribution in [2.75, 3.05) is 27.3 Å². The van der Waals surface area contributed by atoms with Crippen molar-refractivity contribution in [2.45, 2.75) is 6.42 Å². The number of methoxy groups -OCH3 is 1. The van der Waals surface area contributed by atoms with Crippen molar-refractivity contribution >= 4 is 12.0 Å². The van der Waals surface area contributed by atoms with Crippen LogP contribution in [0.2, 0.25) is 0 Å². The third-order valence-corrected chi connectivity index (χ3v) is 3.26. The van der Waals surface area contributed by atoms with Crippen molar-refractivity contribution in [3.05, 3.63) is 54.4 Å². The number of benzene rings is 1. The second-order valence-corrected chi connectivity index (χ2v) is 4.99. The summed E-state index contributed by atoms with van der Waals surface area (Å²) in [6, 6.07) is 9.85. The minimum atomic E-state index is -0.0245. The Kier molecular flexibility index (Phi) is 5.91. The first-order valence-electron chi connectivity index (χ1n) is 7.23. The monoisotopic (exact) mass is 299 g/mol. The van der Waals surface area contributed by atoms with Crippen LogP contribution in [0.3, 0.4) is 0 Å². The molecule has 0 spiro atoms.